The second-order valence-corrected chi connectivity index (χ2v) is 6.97. The predicted molar refractivity (Wildman–Crippen MR) is 95.7 cm³/mol. The number of carbonyl (C=O) groups excluding carboxylic acids is 1. The van der Waals surface area contributed by atoms with E-state index in [1.165, 1.54) is 6.42 Å². The standard InChI is InChI=1S/C20H22ClNO2/c1-15-5-10-19(22-13-15)24-14-18(23)20(11-3-2-4-12-20)16-6-8-17(21)9-7-16/h5-10,13H,2-4,11-12,14H2,1H3. The molecule has 4 heteroatoms. The van der Waals surface area contributed by atoms with Gasteiger partial charge in [0.05, 0.1) is 5.41 Å². The van der Waals surface area contributed by atoms with Crippen molar-refractivity contribution in [3.63, 3.8) is 0 Å². The summed E-state index contributed by atoms with van der Waals surface area (Å²) < 4.78 is 5.66. The number of aromatic nitrogens is 1. The Bertz CT molecular complexity index is 689. The van der Waals surface area contributed by atoms with Gasteiger partial charge in [-0.3, -0.25) is 4.79 Å². The van der Waals surface area contributed by atoms with Gasteiger partial charge in [-0.1, -0.05) is 49.1 Å². The number of halogens is 1. The Balaban J connectivity index is 1.78. The molecular formula is C20H22ClNO2. The van der Waals surface area contributed by atoms with E-state index in [1.807, 2.05) is 37.3 Å². The zero-order chi connectivity index (χ0) is 17.0. The highest BCUT2D eigenvalue weighted by Crippen LogP contribution is 2.40. The smallest absolute Gasteiger partial charge is 0.213 e. The number of carbonyl (C=O) groups is 1. The Morgan fingerprint density at radius 3 is 2.46 bits per heavy atom. The van der Waals surface area contributed by atoms with Crippen molar-refractivity contribution in [2.45, 2.75) is 44.4 Å². The molecule has 2 aromatic rings. The molecule has 0 saturated heterocycles. The molecule has 0 unspecified atom stereocenters. The molecule has 0 amide bonds. The van der Waals surface area contributed by atoms with Crippen LogP contribution in [-0.2, 0) is 10.2 Å². The van der Waals surface area contributed by atoms with Crippen molar-refractivity contribution in [3.05, 3.63) is 58.7 Å². The third-order valence-corrected chi connectivity index (χ3v) is 5.13. The lowest BCUT2D eigenvalue weighted by atomic mass is 9.67. The fourth-order valence-electron chi connectivity index (χ4n) is 3.47. The largest absolute Gasteiger partial charge is 0.470 e. The fraction of sp³-hybridized carbons (Fsp3) is 0.400. The van der Waals surface area contributed by atoms with Gasteiger partial charge in [-0.05, 0) is 43.0 Å². The molecule has 0 radical (unpaired) electrons. The molecule has 1 aromatic heterocycles. The van der Waals surface area contributed by atoms with Gasteiger partial charge in [0.15, 0.2) is 5.78 Å². The number of ketones is 1. The maximum atomic E-state index is 13.1. The van der Waals surface area contributed by atoms with E-state index in [1.54, 1.807) is 12.3 Å². The van der Waals surface area contributed by atoms with Crippen LogP contribution in [0.1, 0.15) is 43.2 Å². The van der Waals surface area contributed by atoms with Gasteiger partial charge in [0, 0.05) is 17.3 Å². The highest BCUT2D eigenvalue weighted by molar-refractivity contribution is 6.30. The van der Waals surface area contributed by atoms with Crippen molar-refractivity contribution in [1.29, 1.82) is 0 Å². The molecule has 0 atom stereocenters. The number of nitrogens with zero attached hydrogens (tertiary/aromatic N) is 1. The van der Waals surface area contributed by atoms with Crippen molar-refractivity contribution in [3.8, 4) is 5.88 Å². The van der Waals surface area contributed by atoms with Gasteiger partial charge in [0.2, 0.25) is 5.88 Å². The monoisotopic (exact) mass is 343 g/mol. The summed E-state index contributed by atoms with van der Waals surface area (Å²) in [6.45, 7) is 2.03. The number of rotatable bonds is 5. The zero-order valence-electron chi connectivity index (χ0n) is 13.9. The molecule has 0 N–H and O–H groups in total. The predicted octanol–water partition coefficient (Wildman–Crippen LogP) is 4.89. The Kier molecular flexibility index (Phi) is 5.20. The van der Waals surface area contributed by atoms with Gasteiger partial charge in [-0.15, -0.1) is 0 Å². The minimum absolute atomic E-state index is 0.0543. The number of Topliss-reactive ketones (excluding diaryl/α,β-unsaturated/α-hetero) is 1. The highest BCUT2D eigenvalue weighted by atomic mass is 35.5. The number of ether oxygens (including phenoxy) is 1. The second kappa shape index (κ2) is 7.35. The van der Waals surface area contributed by atoms with Crippen molar-refractivity contribution in [2.75, 3.05) is 6.61 Å². The van der Waals surface area contributed by atoms with Gasteiger partial charge in [0.25, 0.3) is 0 Å². The number of benzene rings is 1. The summed E-state index contributed by atoms with van der Waals surface area (Å²) in [7, 11) is 0. The third-order valence-electron chi connectivity index (χ3n) is 4.87. The van der Waals surface area contributed by atoms with E-state index >= 15 is 0 Å². The van der Waals surface area contributed by atoms with Crippen LogP contribution in [0.15, 0.2) is 42.6 Å². The number of pyridine rings is 1. The van der Waals surface area contributed by atoms with E-state index < -0.39 is 5.41 Å². The Labute approximate surface area is 148 Å². The zero-order valence-corrected chi connectivity index (χ0v) is 14.7. The lowest BCUT2D eigenvalue weighted by Gasteiger charge is -2.36. The van der Waals surface area contributed by atoms with Gasteiger partial charge in [0.1, 0.15) is 6.61 Å². The normalized spacial score (nSPS) is 16.6. The minimum Gasteiger partial charge on any atom is -0.470 e. The Morgan fingerprint density at radius 1 is 1.12 bits per heavy atom. The molecule has 126 valence electrons. The second-order valence-electron chi connectivity index (χ2n) is 6.54. The van der Waals surface area contributed by atoms with E-state index in [0.29, 0.717) is 10.9 Å². The van der Waals surface area contributed by atoms with Crippen LogP contribution >= 0.6 is 11.6 Å². The SMILES string of the molecule is Cc1ccc(OCC(=O)C2(c3ccc(Cl)cc3)CCCCC2)nc1. The first-order chi connectivity index (χ1) is 11.6. The van der Waals surface area contributed by atoms with Gasteiger partial charge < -0.3 is 4.74 Å². The van der Waals surface area contributed by atoms with E-state index in [-0.39, 0.29) is 12.4 Å². The van der Waals surface area contributed by atoms with Crippen LogP contribution in [0.25, 0.3) is 0 Å². The lowest BCUT2D eigenvalue weighted by Crippen LogP contribution is -2.41. The number of hydrogen-bond acceptors (Lipinski definition) is 3. The molecule has 3 rings (SSSR count). The van der Waals surface area contributed by atoms with Crippen molar-refractivity contribution in [1.82, 2.24) is 4.98 Å². The molecule has 1 aliphatic rings. The molecule has 0 bridgehead atoms. The molecule has 3 nitrogen and oxygen atoms in total. The lowest BCUT2D eigenvalue weighted by molar-refractivity contribution is -0.128. The van der Waals surface area contributed by atoms with E-state index in [4.69, 9.17) is 16.3 Å². The topological polar surface area (TPSA) is 39.2 Å². The highest BCUT2D eigenvalue weighted by Gasteiger charge is 2.40. The average Bonchev–Trinajstić information content (AvgIpc) is 2.62. The summed E-state index contributed by atoms with van der Waals surface area (Å²) >= 11 is 6.01. The fourth-order valence-corrected chi connectivity index (χ4v) is 3.60. The van der Waals surface area contributed by atoms with Gasteiger partial charge in [-0.2, -0.15) is 0 Å². The molecule has 1 fully saturated rings. The molecule has 24 heavy (non-hydrogen) atoms. The Hall–Kier alpha value is -1.87. The summed E-state index contributed by atoms with van der Waals surface area (Å²) in [6.07, 6.45) is 6.81. The van der Waals surface area contributed by atoms with E-state index in [9.17, 15) is 4.79 Å². The number of hydrogen-bond donors (Lipinski definition) is 0. The molecule has 1 aliphatic carbocycles. The van der Waals surface area contributed by atoms with Crippen molar-refractivity contribution >= 4 is 17.4 Å². The van der Waals surface area contributed by atoms with Gasteiger partial charge >= 0.3 is 0 Å². The number of aryl methyl sites for hydroxylation is 1. The third kappa shape index (κ3) is 3.62. The summed E-state index contributed by atoms with van der Waals surface area (Å²) in [5, 5.41) is 0.692. The average molecular weight is 344 g/mol. The summed E-state index contributed by atoms with van der Waals surface area (Å²) in [4.78, 5) is 17.3. The maximum absolute atomic E-state index is 13.1. The van der Waals surface area contributed by atoms with E-state index in [2.05, 4.69) is 4.98 Å². The molecule has 1 heterocycles. The molecule has 0 aliphatic heterocycles. The van der Waals surface area contributed by atoms with Crippen LogP contribution in [0.2, 0.25) is 5.02 Å². The summed E-state index contributed by atoms with van der Waals surface area (Å²) in [5.74, 6) is 0.628. The maximum Gasteiger partial charge on any atom is 0.213 e. The quantitative estimate of drug-likeness (QED) is 0.775. The van der Waals surface area contributed by atoms with Gasteiger partial charge in [-0.25, -0.2) is 4.98 Å². The molecule has 1 aromatic carbocycles. The summed E-state index contributed by atoms with van der Waals surface area (Å²) in [6, 6.07) is 11.4. The first-order valence-electron chi connectivity index (χ1n) is 8.45. The Morgan fingerprint density at radius 2 is 1.83 bits per heavy atom. The molecule has 0 spiro atoms. The van der Waals surface area contributed by atoms with Crippen LogP contribution in [0.5, 0.6) is 5.88 Å². The van der Waals surface area contributed by atoms with Crippen LogP contribution in [0.3, 0.4) is 0 Å². The molecular weight excluding hydrogens is 322 g/mol. The summed E-state index contributed by atoms with van der Waals surface area (Å²) in [5.41, 5.74) is 1.67. The first kappa shape index (κ1) is 17.0. The van der Waals surface area contributed by atoms with E-state index in [0.717, 1.165) is 36.8 Å². The van der Waals surface area contributed by atoms with Crippen LogP contribution in [-0.4, -0.2) is 17.4 Å². The molecule has 1 saturated carbocycles. The van der Waals surface area contributed by atoms with Crippen molar-refractivity contribution in [2.24, 2.45) is 0 Å². The minimum atomic E-state index is -0.451. The van der Waals surface area contributed by atoms with Crippen LogP contribution < -0.4 is 4.74 Å². The van der Waals surface area contributed by atoms with Crippen molar-refractivity contribution < 1.29 is 9.53 Å². The van der Waals surface area contributed by atoms with Crippen LogP contribution in [0.4, 0.5) is 0 Å². The first-order valence-corrected chi connectivity index (χ1v) is 8.83. The van der Waals surface area contributed by atoms with Crippen LogP contribution in [0, 0.1) is 6.92 Å².